The third-order valence-corrected chi connectivity index (χ3v) is 3.27. The molecule has 0 fully saturated rings. The molecule has 0 bridgehead atoms. The lowest BCUT2D eigenvalue weighted by Gasteiger charge is -2.14. The van der Waals surface area contributed by atoms with Crippen molar-refractivity contribution >= 4 is 0 Å². The summed E-state index contributed by atoms with van der Waals surface area (Å²) in [6.45, 7) is 6.45. The van der Waals surface area contributed by atoms with Crippen molar-refractivity contribution in [2.45, 2.75) is 46.3 Å². The van der Waals surface area contributed by atoms with E-state index < -0.39 is 0 Å². The Morgan fingerprint density at radius 1 is 1.30 bits per heavy atom. The van der Waals surface area contributed by atoms with Gasteiger partial charge in [0.2, 0.25) is 0 Å². The predicted octanol–water partition coefficient (Wildman–Crippen LogP) is 3.15. The fourth-order valence-electron chi connectivity index (χ4n) is 2.07. The Bertz CT molecular complexity index is 563. The third-order valence-electron chi connectivity index (χ3n) is 3.27. The first-order valence-corrected chi connectivity index (χ1v) is 6.98. The fraction of sp³-hybridized carbons (Fsp3) is 0.438. The summed E-state index contributed by atoms with van der Waals surface area (Å²) in [5.41, 5.74) is 9.22. The van der Waals surface area contributed by atoms with E-state index in [-0.39, 0.29) is 6.04 Å². The highest BCUT2D eigenvalue weighted by molar-refractivity contribution is 5.37. The number of aryl methyl sites for hydroxylation is 2. The van der Waals surface area contributed by atoms with Crippen molar-refractivity contribution < 1.29 is 9.26 Å². The summed E-state index contributed by atoms with van der Waals surface area (Å²) >= 11 is 0. The molecule has 0 spiro atoms. The number of nitrogens with two attached hydrogens (primary N) is 1. The quantitative estimate of drug-likeness (QED) is 0.879. The Labute approximate surface area is 119 Å². The highest BCUT2D eigenvalue weighted by Crippen LogP contribution is 2.23. The highest BCUT2D eigenvalue weighted by atomic mass is 16.5. The van der Waals surface area contributed by atoms with Crippen LogP contribution >= 0.6 is 0 Å². The molecule has 0 amide bonds. The van der Waals surface area contributed by atoms with E-state index in [1.54, 1.807) is 0 Å². The number of nitrogens with zero attached hydrogens (tertiary/aromatic N) is 1. The van der Waals surface area contributed by atoms with Gasteiger partial charge in [-0.05, 0) is 38.3 Å². The Kier molecular flexibility index (Phi) is 4.79. The summed E-state index contributed by atoms with van der Waals surface area (Å²) in [5.74, 6) is 1.67. The number of hydrogen-bond acceptors (Lipinski definition) is 4. The fourth-order valence-corrected chi connectivity index (χ4v) is 2.07. The Morgan fingerprint density at radius 2 is 2.10 bits per heavy atom. The molecule has 2 rings (SSSR count). The Hall–Kier alpha value is -1.81. The van der Waals surface area contributed by atoms with Gasteiger partial charge >= 0.3 is 0 Å². The van der Waals surface area contributed by atoms with Gasteiger partial charge in [0.05, 0.1) is 0 Å². The van der Waals surface area contributed by atoms with E-state index in [9.17, 15) is 0 Å². The van der Waals surface area contributed by atoms with E-state index in [2.05, 4.69) is 25.1 Å². The van der Waals surface area contributed by atoms with Crippen LogP contribution in [0.1, 0.15) is 35.9 Å². The Morgan fingerprint density at radius 3 is 2.75 bits per heavy atom. The van der Waals surface area contributed by atoms with Crippen LogP contribution in [0.2, 0.25) is 0 Å². The van der Waals surface area contributed by atoms with Gasteiger partial charge in [-0.1, -0.05) is 29.8 Å². The van der Waals surface area contributed by atoms with Crippen LogP contribution in [0.5, 0.6) is 5.75 Å². The topological polar surface area (TPSA) is 61.3 Å². The molecule has 0 aliphatic carbocycles. The van der Waals surface area contributed by atoms with Crippen LogP contribution in [-0.2, 0) is 13.0 Å². The van der Waals surface area contributed by atoms with Gasteiger partial charge in [0.15, 0.2) is 0 Å². The second-order valence-electron chi connectivity index (χ2n) is 5.20. The molecule has 0 aliphatic rings. The average Bonchev–Trinajstić information content (AvgIpc) is 2.83. The lowest BCUT2D eigenvalue weighted by atomic mass is 10.0. The molecule has 1 heterocycles. The van der Waals surface area contributed by atoms with E-state index in [1.165, 1.54) is 5.56 Å². The van der Waals surface area contributed by atoms with Crippen molar-refractivity contribution in [3.63, 3.8) is 0 Å². The van der Waals surface area contributed by atoms with Crippen molar-refractivity contribution in [2.75, 3.05) is 0 Å². The van der Waals surface area contributed by atoms with Crippen LogP contribution in [-0.4, -0.2) is 11.2 Å². The molecule has 1 aromatic carbocycles. The van der Waals surface area contributed by atoms with E-state index in [0.717, 1.165) is 35.6 Å². The van der Waals surface area contributed by atoms with Gasteiger partial charge in [-0.25, -0.2) is 0 Å². The minimum absolute atomic E-state index is 0.161. The molecular formula is C16H22N2O2. The van der Waals surface area contributed by atoms with Gasteiger partial charge < -0.3 is 15.0 Å². The first-order chi connectivity index (χ1) is 9.58. The van der Waals surface area contributed by atoms with Gasteiger partial charge in [0, 0.05) is 12.1 Å². The minimum Gasteiger partial charge on any atom is -0.487 e. The number of rotatable bonds is 6. The maximum atomic E-state index is 6.05. The number of aromatic nitrogens is 1. The maximum absolute atomic E-state index is 6.05. The molecule has 4 nitrogen and oxygen atoms in total. The van der Waals surface area contributed by atoms with E-state index in [1.807, 2.05) is 25.1 Å². The average molecular weight is 274 g/mol. The molecule has 0 radical (unpaired) electrons. The monoisotopic (exact) mass is 274 g/mol. The Balaban J connectivity index is 2.09. The molecule has 0 saturated heterocycles. The number of benzene rings is 1. The minimum atomic E-state index is 0.161. The smallest absolute Gasteiger partial charge is 0.134 e. The van der Waals surface area contributed by atoms with Crippen LogP contribution in [0.15, 0.2) is 28.8 Å². The molecule has 1 atom stereocenters. The maximum Gasteiger partial charge on any atom is 0.134 e. The van der Waals surface area contributed by atoms with Gasteiger partial charge in [-0.2, -0.15) is 0 Å². The van der Waals surface area contributed by atoms with Crippen LogP contribution in [0, 0.1) is 13.8 Å². The highest BCUT2D eigenvalue weighted by Gasteiger charge is 2.09. The van der Waals surface area contributed by atoms with Crippen molar-refractivity contribution in [3.05, 3.63) is 46.8 Å². The summed E-state index contributed by atoms with van der Waals surface area (Å²) in [6, 6.07) is 8.22. The number of hydrogen-bond donors (Lipinski definition) is 1. The SMILES string of the molecule is CCC(N)Cc1cc(C)ccc1OCc1cc(C)on1. The van der Waals surface area contributed by atoms with Gasteiger partial charge in [0.25, 0.3) is 0 Å². The molecule has 1 aromatic heterocycles. The van der Waals surface area contributed by atoms with Crippen LogP contribution in [0.4, 0.5) is 0 Å². The molecule has 20 heavy (non-hydrogen) atoms. The molecular weight excluding hydrogens is 252 g/mol. The summed E-state index contributed by atoms with van der Waals surface area (Å²) in [5, 5.41) is 3.93. The predicted molar refractivity (Wildman–Crippen MR) is 78.7 cm³/mol. The van der Waals surface area contributed by atoms with E-state index in [0.29, 0.717) is 6.61 Å². The second kappa shape index (κ2) is 6.57. The molecule has 1 unspecified atom stereocenters. The molecule has 0 saturated carbocycles. The van der Waals surface area contributed by atoms with Gasteiger partial charge in [-0.3, -0.25) is 0 Å². The summed E-state index contributed by atoms with van der Waals surface area (Å²) < 4.78 is 10.9. The largest absolute Gasteiger partial charge is 0.487 e. The molecule has 4 heteroatoms. The van der Waals surface area contributed by atoms with E-state index >= 15 is 0 Å². The van der Waals surface area contributed by atoms with Gasteiger partial charge in [0.1, 0.15) is 23.8 Å². The lowest BCUT2D eigenvalue weighted by molar-refractivity contribution is 0.284. The summed E-state index contributed by atoms with van der Waals surface area (Å²) in [4.78, 5) is 0. The van der Waals surface area contributed by atoms with Crippen molar-refractivity contribution in [1.29, 1.82) is 0 Å². The van der Waals surface area contributed by atoms with Gasteiger partial charge in [-0.15, -0.1) is 0 Å². The molecule has 2 aromatic rings. The summed E-state index contributed by atoms with van der Waals surface area (Å²) in [6.07, 6.45) is 1.78. The normalized spacial score (nSPS) is 12.4. The zero-order valence-corrected chi connectivity index (χ0v) is 12.3. The van der Waals surface area contributed by atoms with Crippen LogP contribution in [0.25, 0.3) is 0 Å². The molecule has 0 aliphatic heterocycles. The first-order valence-electron chi connectivity index (χ1n) is 6.98. The summed E-state index contributed by atoms with van der Waals surface area (Å²) in [7, 11) is 0. The van der Waals surface area contributed by atoms with E-state index in [4.69, 9.17) is 15.0 Å². The van der Waals surface area contributed by atoms with Crippen molar-refractivity contribution in [2.24, 2.45) is 5.73 Å². The zero-order valence-electron chi connectivity index (χ0n) is 12.3. The number of ether oxygens (including phenoxy) is 1. The van der Waals surface area contributed by atoms with Crippen molar-refractivity contribution in [1.82, 2.24) is 5.16 Å². The second-order valence-corrected chi connectivity index (χ2v) is 5.20. The molecule has 2 N–H and O–H groups in total. The zero-order chi connectivity index (χ0) is 14.5. The van der Waals surface area contributed by atoms with Crippen LogP contribution < -0.4 is 10.5 Å². The standard InChI is InChI=1S/C16H22N2O2/c1-4-14(17)9-13-7-11(2)5-6-16(13)19-10-15-8-12(3)20-18-15/h5-8,14H,4,9-10,17H2,1-3H3. The van der Waals surface area contributed by atoms with Crippen molar-refractivity contribution in [3.8, 4) is 5.75 Å². The van der Waals surface area contributed by atoms with Crippen LogP contribution in [0.3, 0.4) is 0 Å². The lowest BCUT2D eigenvalue weighted by Crippen LogP contribution is -2.21. The molecule has 108 valence electrons. The third kappa shape index (κ3) is 3.84. The first kappa shape index (κ1) is 14.6.